The van der Waals surface area contributed by atoms with Crippen LogP contribution < -0.4 is 5.32 Å². The molecular weight excluding hydrogens is 408 g/mol. The van der Waals surface area contributed by atoms with Gasteiger partial charge in [-0.1, -0.05) is 42.5 Å². The van der Waals surface area contributed by atoms with Gasteiger partial charge in [0.25, 0.3) is 11.8 Å². The van der Waals surface area contributed by atoms with Crippen LogP contribution in [0.1, 0.15) is 33.6 Å². The van der Waals surface area contributed by atoms with Crippen LogP contribution in [0.25, 0.3) is 0 Å². The van der Waals surface area contributed by atoms with E-state index < -0.39 is 6.10 Å². The molecule has 0 aliphatic carbocycles. The summed E-state index contributed by atoms with van der Waals surface area (Å²) in [6.45, 7) is 1.80. The highest BCUT2D eigenvalue weighted by Gasteiger charge is 2.24. The van der Waals surface area contributed by atoms with Crippen LogP contribution >= 0.6 is 11.3 Å². The van der Waals surface area contributed by atoms with E-state index in [0.29, 0.717) is 30.9 Å². The third-order valence-electron chi connectivity index (χ3n) is 5.33. The van der Waals surface area contributed by atoms with Crippen LogP contribution in [0.3, 0.4) is 0 Å². The number of ether oxygens (including phenoxy) is 1. The van der Waals surface area contributed by atoms with E-state index in [-0.39, 0.29) is 11.8 Å². The molecule has 1 fully saturated rings. The summed E-state index contributed by atoms with van der Waals surface area (Å²) in [6.07, 6.45) is 2.02. The largest absolute Gasteiger partial charge is 0.368 e. The van der Waals surface area contributed by atoms with Crippen molar-refractivity contribution in [1.82, 2.24) is 4.90 Å². The molecule has 1 unspecified atom stereocenters. The van der Waals surface area contributed by atoms with Crippen LogP contribution in [-0.2, 0) is 22.5 Å². The number of rotatable bonds is 8. The number of benzene rings is 2. The van der Waals surface area contributed by atoms with Gasteiger partial charge in [0.15, 0.2) is 0 Å². The van der Waals surface area contributed by atoms with Crippen molar-refractivity contribution in [2.24, 2.45) is 0 Å². The van der Waals surface area contributed by atoms with Gasteiger partial charge < -0.3 is 15.0 Å². The lowest BCUT2D eigenvalue weighted by Crippen LogP contribution is -2.32. The quantitative estimate of drug-likeness (QED) is 0.557. The van der Waals surface area contributed by atoms with Crippen LogP contribution in [0.5, 0.6) is 0 Å². The van der Waals surface area contributed by atoms with Crippen molar-refractivity contribution in [3.05, 3.63) is 88.1 Å². The van der Waals surface area contributed by atoms with Crippen molar-refractivity contribution >= 4 is 28.8 Å². The van der Waals surface area contributed by atoms with Gasteiger partial charge in [-0.25, -0.2) is 0 Å². The molecule has 0 bridgehead atoms. The topological polar surface area (TPSA) is 58.6 Å². The summed E-state index contributed by atoms with van der Waals surface area (Å²) in [7, 11) is 0. The van der Waals surface area contributed by atoms with Crippen molar-refractivity contribution in [3.8, 4) is 0 Å². The minimum atomic E-state index is -0.402. The maximum absolute atomic E-state index is 13.4. The second-order valence-electron chi connectivity index (χ2n) is 7.61. The molecule has 1 saturated heterocycles. The molecule has 0 saturated carbocycles. The number of amides is 2. The van der Waals surface area contributed by atoms with Crippen molar-refractivity contribution in [3.63, 3.8) is 0 Å². The lowest BCUT2D eigenvalue weighted by atomic mass is 10.1. The van der Waals surface area contributed by atoms with Gasteiger partial charge >= 0.3 is 0 Å². The first-order valence-corrected chi connectivity index (χ1v) is 11.4. The molecule has 2 amide bonds. The number of carbonyl (C=O) groups is 2. The molecule has 0 spiro atoms. The molecule has 31 heavy (non-hydrogen) atoms. The first kappa shape index (κ1) is 21.3. The summed E-state index contributed by atoms with van der Waals surface area (Å²) in [4.78, 5) is 28.8. The summed E-state index contributed by atoms with van der Waals surface area (Å²) >= 11 is 1.65. The second-order valence-corrected chi connectivity index (χ2v) is 8.65. The van der Waals surface area contributed by atoms with E-state index in [4.69, 9.17) is 4.74 Å². The molecule has 1 aliphatic heterocycles. The van der Waals surface area contributed by atoms with Gasteiger partial charge in [0, 0.05) is 29.3 Å². The van der Waals surface area contributed by atoms with Crippen LogP contribution in [0.2, 0.25) is 0 Å². The van der Waals surface area contributed by atoms with Crippen LogP contribution in [0, 0.1) is 0 Å². The Morgan fingerprint density at radius 1 is 1.06 bits per heavy atom. The summed E-state index contributed by atoms with van der Waals surface area (Å²) in [5.41, 5.74) is 2.38. The van der Waals surface area contributed by atoms with Gasteiger partial charge in [0.1, 0.15) is 6.10 Å². The number of hydrogen-bond donors (Lipinski definition) is 1. The molecule has 6 heteroatoms. The van der Waals surface area contributed by atoms with Gasteiger partial charge in [-0.15, -0.1) is 11.3 Å². The van der Waals surface area contributed by atoms with E-state index in [0.717, 1.165) is 24.1 Å². The average Bonchev–Trinajstić information content (AvgIpc) is 3.51. The molecule has 3 aromatic rings. The minimum Gasteiger partial charge on any atom is -0.368 e. The Morgan fingerprint density at radius 3 is 2.68 bits per heavy atom. The SMILES string of the molecule is O=C(Nc1cccc(C(=O)N(CCc2ccccc2)Cc2cccs2)c1)C1CCCO1. The molecule has 1 aromatic heterocycles. The van der Waals surface area contributed by atoms with Gasteiger partial charge in [0.2, 0.25) is 0 Å². The maximum atomic E-state index is 13.4. The molecule has 2 heterocycles. The highest BCUT2D eigenvalue weighted by atomic mass is 32.1. The lowest BCUT2D eigenvalue weighted by Gasteiger charge is -2.23. The average molecular weight is 435 g/mol. The normalized spacial score (nSPS) is 15.5. The molecule has 160 valence electrons. The van der Waals surface area contributed by atoms with Crippen LogP contribution in [0.15, 0.2) is 72.1 Å². The highest BCUT2D eigenvalue weighted by molar-refractivity contribution is 7.09. The second kappa shape index (κ2) is 10.4. The van der Waals surface area contributed by atoms with E-state index in [1.54, 1.807) is 35.6 Å². The summed E-state index contributed by atoms with van der Waals surface area (Å²) < 4.78 is 5.45. The minimum absolute atomic E-state index is 0.0439. The van der Waals surface area contributed by atoms with Crippen LogP contribution in [0.4, 0.5) is 5.69 Å². The smallest absolute Gasteiger partial charge is 0.254 e. The maximum Gasteiger partial charge on any atom is 0.254 e. The van der Waals surface area contributed by atoms with Crippen molar-refractivity contribution in [2.45, 2.75) is 31.9 Å². The Kier molecular flexibility index (Phi) is 7.12. The Labute approximate surface area is 186 Å². The third-order valence-corrected chi connectivity index (χ3v) is 6.19. The molecular formula is C25H26N2O3S. The number of nitrogens with one attached hydrogen (secondary N) is 1. The number of carbonyl (C=O) groups excluding carboxylic acids is 2. The first-order chi connectivity index (χ1) is 15.2. The predicted octanol–water partition coefficient (Wildman–Crippen LogP) is 4.75. The van der Waals surface area contributed by atoms with Gasteiger partial charge in [-0.2, -0.15) is 0 Å². The molecule has 5 nitrogen and oxygen atoms in total. The molecule has 0 radical (unpaired) electrons. The molecule has 1 aliphatic rings. The van der Waals surface area contributed by atoms with Crippen molar-refractivity contribution in [2.75, 3.05) is 18.5 Å². The molecule has 2 aromatic carbocycles. The van der Waals surface area contributed by atoms with E-state index in [2.05, 4.69) is 17.4 Å². The fraction of sp³-hybridized carbons (Fsp3) is 0.280. The number of hydrogen-bond acceptors (Lipinski definition) is 4. The Morgan fingerprint density at radius 2 is 1.94 bits per heavy atom. The number of thiophene rings is 1. The Hall–Kier alpha value is -2.96. The first-order valence-electron chi connectivity index (χ1n) is 10.6. The summed E-state index contributed by atoms with van der Waals surface area (Å²) in [5, 5.41) is 4.91. The third kappa shape index (κ3) is 5.81. The zero-order chi connectivity index (χ0) is 21.5. The van der Waals surface area contributed by atoms with E-state index in [1.165, 1.54) is 5.56 Å². The fourth-order valence-electron chi connectivity index (χ4n) is 3.67. The van der Waals surface area contributed by atoms with Crippen molar-refractivity contribution < 1.29 is 14.3 Å². The summed E-state index contributed by atoms with van der Waals surface area (Å²) in [6, 6.07) is 21.4. The van der Waals surface area contributed by atoms with Crippen LogP contribution in [-0.4, -0.2) is 36.0 Å². The highest BCUT2D eigenvalue weighted by Crippen LogP contribution is 2.19. The monoisotopic (exact) mass is 434 g/mol. The Balaban J connectivity index is 1.47. The number of nitrogens with zero attached hydrogens (tertiary/aromatic N) is 1. The zero-order valence-corrected chi connectivity index (χ0v) is 18.1. The zero-order valence-electron chi connectivity index (χ0n) is 17.3. The van der Waals surface area contributed by atoms with E-state index in [1.807, 2.05) is 40.6 Å². The predicted molar refractivity (Wildman–Crippen MR) is 123 cm³/mol. The lowest BCUT2D eigenvalue weighted by molar-refractivity contribution is -0.124. The van der Waals surface area contributed by atoms with Crippen molar-refractivity contribution in [1.29, 1.82) is 0 Å². The molecule has 4 rings (SSSR count). The van der Waals surface area contributed by atoms with Gasteiger partial charge in [-0.05, 0) is 54.5 Å². The van der Waals surface area contributed by atoms with Gasteiger partial charge in [0.05, 0.1) is 6.54 Å². The Bertz CT molecular complexity index is 999. The molecule has 1 atom stereocenters. The van der Waals surface area contributed by atoms with E-state index in [9.17, 15) is 9.59 Å². The van der Waals surface area contributed by atoms with Gasteiger partial charge in [-0.3, -0.25) is 9.59 Å². The fourth-order valence-corrected chi connectivity index (χ4v) is 4.39. The standard InChI is InChI=1S/C25H26N2O3S/c28-24(23-12-5-15-30-23)26-21-10-4-9-20(17-21)25(29)27(18-22-11-6-16-31-22)14-13-19-7-2-1-3-8-19/h1-4,6-11,16-17,23H,5,12-15,18H2,(H,26,28). The van der Waals surface area contributed by atoms with E-state index >= 15 is 0 Å². The molecule has 1 N–H and O–H groups in total. The summed E-state index contributed by atoms with van der Waals surface area (Å²) in [5.74, 6) is -0.195. The number of anilines is 1.